The van der Waals surface area contributed by atoms with Crippen molar-refractivity contribution in [3.63, 3.8) is 0 Å². The number of rotatable bonds is 3. The molecule has 3 aliphatic carbocycles. The summed E-state index contributed by atoms with van der Waals surface area (Å²) in [5.74, 6) is 0.883. The summed E-state index contributed by atoms with van der Waals surface area (Å²) in [6.07, 6.45) is 8.05. The van der Waals surface area contributed by atoms with Crippen molar-refractivity contribution < 1.29 is 14.0 Å². The molecule has 2 bridgehead atoms. The smallest absolute Gasteiger partial charge is 0.254 e. The molecule has 1 aliphatic heterocycles. The molecule has 28 heavy (non-hydrogen) atoms. The number of imide groups is 1. The second-order valence-corrected chi connectivity index (χ2v) is 9.08. The molecule has 6 heteroatoms. The number of carbonyl (C=O) groups excluding carboxylic acids is 2. The van der Waals surface area contributed by atoms with Crippen LogP contribution in [0.15, 0.2) is 62.5 Å². The fraction of sp³-hybridized carbons (Fsp3) is 0.318. The Hall–Kier alpha value is -2.47. The first-order valence-electron chi connectivity index (χ1n) is 9.54. The van der Waals surface area contributed by atoms with Crippen LogP contribution in [0.1, 0.15) is 18.6 Å². The molecule has 1 spiro atoms. The summed E-state index contributed by atoms with van der Waals surface area (Å²) in [5, 5.41) is 5.27. The molecule has 1 aromatic carbocycles. The lowest BCUT2D eigenvalue weighted by Crippen LogP contribution is -2.30. The lowest BCUT2D eigenvalue weighted by Gasteiger charge is -2.18. The fourth-order valence-electron chi connectivity index (χ4n) is 5.48. The van der Waals surface area contributed by atoms with Crippen LogP contribution in [0.5, 0.6) is 0 Å². The first kappa shape index (κ1) is 16.5. The van der Waals surface area contributed by atoms with Crippen LogP contribution >= 0.6 is 15.9 Å². The summed E-state index contributed by atoms with van der Waals surface area (Å²) in [6, 6.07) is 11.4. The summed E-state index contributed by atoms with van der Waals surface area (Å²) in [4.78, 5) is 25.8. The molecule has 4 aliphatic rings. The highest BCUT2D eigenvalue weighted by molar-refractivity contribution is 9.10. The largest absolute Gasteiger partial charge is 0.455 e. The van der Waals surface area contributed by atoms with Crippen LogP contribution in [0, 0.1) is 29.1 Å². The first-order valence-corrected chi connectivity index (χ1v) is 10.3. The topological polar surface area (TPSA) is 62.9 Å². The van der Waals surface area contributed by atoms with Crippen molar-refractivity contribution in [3.05, 3.63) is 58.8 Å². The first-order chi connectivity index (χ1) is 13.6. The zero-order valence-corrected chi connectivity index (χ0v) is 16.5. The average Bonchev–Trinajstić information content (AvgIpc) is 2.97. The van der Waals surface area contributed by atoms with Gasteiger partial charge in [-0.2, -0.15) is 10.1 Å². The van der Waals surface area contributed by atoms with Crippen molar-refractivity contribution >= 4 is 34.0 Å². The van der Waals surface area contributed by atoms with E-state index in [4.69, 9.17) is 4.42 Å². The highest BCUT2D eigenvalue weighted by Gasteiger charge is 2.73. The molecular formula is C22H17BrN2O3. The van der Waals surface area contributed by atoms with Gasteiger partial charge < -0.3 is 4.42 Å². The lowest BCUT2D eigenvalue weighted by molar-refractivity contribution is -0.141. The summed E-state index contributed by atoms with van der Waals surface area (Å²) < 4.78 is 6.80. The predicted molar refractivity (Wildman–Crippen MR) is 106 cm³/mol. The van der Waals surface area contributed by atoms with Gasteiger partial charge in [0.1, 0.15) is 11.5 Å². The van der Waals surface area contributed by atoms with Crippen molar-refractivity contribution in [2.24, 2.45) is 34.2 Å². The van der Waals surface area contributed by atoms with Gasteiger partial charge >= 0.3 is 0 Å². The van der Waals surface area contributed by atoms with Gasteiger partial charge in [0.2, 0.25) is 0 Å². The molecule has 140 valence electrons. The molecule has 1 saturated heterocycles. The maximum Gasteiger partial charge on any atom is 0.254 e. The Bertz CT molecular complexity index is 1030. The molecule has 0 radical (unpaired) electrons. The number of hydrogen-bond donors (Lipinski definition) is 0. The van der Waals surface area contributed by atoms with Gasteiger partial charge in [0.05, 0.1) is 18.1 Å². The Labute approximate surface area is 170 Å². The normalized spacial score (nSPS) is 31.5. The molecule has 2 amide bonds. The quantitative estimate of drug-likeness (QED) is 0.410. The summed E-state index contributed by atoms with van der Waals surface area (Å²) in [6.45, 7) is 0. The van der Waals surface area contributed by atoms with Gasteiger partial charge in [0.15, 0.2) is 0 Å². The minimum Gasteiger partial charge on any atom is -0.455 e. The minimum absolute atomic E-state index is 0.158. The van der Waals surface area contributed by atoms with E-state index in [1.165, 1.54) is 6.21 Å². The Morgan fingerprint density at radius 2 is 1.64 bits per heavy atom. The molecule has 3 fully saturated rings. The van der Waals surface area contributed by atoms with Gasteiger partial charge in [-0.05, 0) is 54.4 Å². The van der Waals surface area contributed by atoms with E-state index < -0.39 is 0 Å². The standard InChI is InChI=1S/C22H17BrN2O3/c23-13-3-1-12(2-4-13)17-8-5-14(28-17)11-24-25-20(26)18-15-6-7-16(19(18)21(25)27)22(15)9-10-22/h1-8,11,15-16,18-19H,9-10H2/b24-11-/t15-,16+,18-,19-/m0/s1. The number of halogens is 1. The maximum absolute atomic E-state index is 12.9. The number of amides is 2. The van der Waals surface area contributed by atoms with E-state index in [0.717, 1.165) is 27.9 Å². The molecule has 2 aromatic rings. The Kier molecular flexibility index (Phi) is 3.26. The van der Waals surface area contributed by atoms with Crippen molar-refractivity contribution in [2.75, 3.05) is 0 Å². The van der Waals surface area contributed by atoms with E-state index in [1.807, 2.05) is 30.3 Å². The van der Waals surface area contributed by atoms with Gasteiger partial charge in [-0.1, -0.05) is 40.2 Å². The number of hydrogen-bond acceptors (Lipinski definition) is 4. The molecule has 2 saturated carbocycles. The van der Waals surface area contributed by atoms with Crippen LogP contribution in [-0.4, -0.2) is 23.0 Å². The predicted octanol–water partition coefficient (Wildman–Crippen LogP) is 4.24. The van der Waals surface area contributed by atoms with Crippen LogP contribution in [0.3, 0.4) is 0 Å². The zero-order valence-electron chi connectivity index (χ0n) is 14.9. The highest BCUT2D eigenvalue weighted by atomic mass is 79.9. The highest BCUT2D eigenvalue weighted by Crippen LogP contribution is 2.73. The number of furan rings is 1. The van der Waals surface area contributed by atoms with Crippen molar-refractivity contribution in [1.29, 1.82) is 0 Å². The van der Waals surface area contributed by atoms with Crippen LogP contribution in [0.25, 0.3) is 11.3 Å². The molecule has 2 heterocycles. The van der Waals surface area contributed by atoms with Crippen LogP contribution in [0.4, 0.5) is 0 Å². The van der Waals surface area contributed by atoms with Crippen LogP contribution < -0.4 is 0 Å². The van der Waals surface area contributed by atoms with Gasteiger partial charge in [-0.25, -0.2) is 0 Å². The average molecular weight is 437 g/mol. The number of hydrazone groups is 1. The van der Waals surface area contributed by atoms with Crippen LogP contribution in [0.2, 0.25) is 0 Å². The zero-order chi connectivity index (χ0) is 19.0. The van der Waals surface area contributed by atoms with Gasteiger partial charge in [0, 0.05) is 10.0 Å². The molecule has 1 aromatic heterocycles. The number of benzene rings is 1. The number of carbonyl (C=O) groups is 2. The second-order valence-electron chi connectivity index (χ2n) is 8.16. The Morgan fingerprint density at radius 1 is 1.00 bits per heavy atom. The number of fused-ring (bicyclic) bond motifs is 3. The third-order valence-corrected chi connectivity index (χ3v) is 7.41. The van der Waals surface area contributed by atoms with E-state index in [9.17, 15) is 9.59 Å². The van der Waals surface area contributed by atoms with Crippen molar-refractivity contribution in [1.82, 2.24) is 5.01 Å². The Morgan fingerprint density at radius 3 is 2.25 bits per heavy atom. The van der Waals surface area contributed by atoms with E-state index in [2.05, 4.69) is 33.2 Å². The van der Waals surface area contributed by atoms with Gasteiger partial charge in [-0.15, -0.1) is 0 Å². The van der Waals surface area contributed by atoms with Crippen LogP contribution in [-0.2, 0) is 9.59 Å². The van der Waals surface area contributed by atoms with E-state index >= 15 is 0 Å². The van der Waals surface area contributed by atoms with E-state index in [1.54, 1.807) is 6.07 Å². The molecule has 6 rings (SSSR count). The molecule has 4 atom stereocenters. The monoisotopic (exact) mass is 436 g/mol. The molecule has 0 N–H and O–H groups in total. The number of nitrogens with zero attached hydrogens (tertiary/aromatic N) is 2. The second kappa shape index (κ2) is 5.54. The molecular weight excluding hydrogens is 420 g/mol. The summed E-state index contributed by atoms with van der Waals surface area (Å²) >= 11 is 3.42. The summed E-state index contributed by atoms with van der Waals surface area (Å²) in [7, 11) is 0. The van der Waals surface area contributed by atoms with Gasteiger partial charge in [0.25, 0.3) is 11.8 Å². The van der Waals surface area contributed by atoms with E-state index in [0.29, 0.717) is 11.5 Å². The molecule has 5 nitrogen and oxygen atoms in total. The van der Waals surface area contributed by atoms with Crippen molar-refractivity contribution in [3.8, 4) is 11.3 Å². The lowest BCUT2D eigenvalue weighted by atomic mass is 9.85. The van der Waals surface area contributed by atoms with E-state index in [-0.39, 0.29) is 40.9 Å². The maximum atomic E-state index is 12.9. The fourth-order valence-corrected chi connectivity index (χ4v) is 5.75. The Balaban J connectivity index is 1.24. The number of allylic oxidation sites excluding steroid dienone is 2. The van der Waals surface area contributed by atoms with Gasteiger partial charge in [-0.3, -0.25) is 9.59 Å². The summed E-state index contributed by atoms with van der Waals surface area (Å²) in [5.41, 5.74) is 1.15. The molecule has 0 unspecified atom stereocenters. The third-order valence-electron chi connectivity index (χ3n) is 6.89. The third kappa shape index (κ3) is 2.09. The minimum atomic E-state index is -0.225. The van der Waals surface area contributed by atoms with Crippen molar-refractivity contribution in [2.45, 2.75) is 12.8 Å². The SMILES string of the molecule is O=C1[C@@H]2[C@@H](C(=O)N1/N=C\c1ccc(-c3ccc(Br)cc3)o1)[C@@H]1C=C[C@H]2C12CC2.